The number of hydrogen-bond acceptors (Lipinski definition) is 7. The molecule has 0 amide bonds. The zero-order chi connectivity index (χ0) is 27.0. The number of carbonyl (C=O) groups is 3. The predicted molar refractivity (Wildman–Crippen MR) is 137 cm³/mol. The molecule has 0 radical (unpaired) electrons. The molecule has 7 nitrogen and oxygen atoms in total. The van der Waals surface area contributed by atoms with Gasteiger partial charge in [0.2, 0.25) is 0 Å². The molecule has 7 heteroatoms. The van der Waals surface area contributed by atoms with E-state index in [1.807, 2.05) is 55.4 Å². The number of rotatable bonds is 13. The normalized spacial score (nSPS) is 12.0. The maximum Gasteiger partial charge on any atom is 0.339 e. The summed E-state index contributed by atoms with van der Waals surface area (Å²) < 4.78 is 15.7. The Kier molecular flexibility index (Phi) is 15.9. The van der Waals surface area contributed by atoms with Crippen molar-refractivity contribution in [1.29, 1.82) is 0 Å². The second-order valence-corrected chi connectivity index (χ2v) is 9.93. The van der Waals surface area contributed by atoms with Gasteiger partial charge in [-0.15, -0.1) is 0 Å². The highest BCUT2D eigenvalue weighted by Crippen LogP contribution is 2.29. The van der Waals surface area contributed by atoms with Gasteiger partial charge in [0.05, 0.1) is 36.9 Å². The van der Waals surface area contributed by atoms with Crippen LogP contribution in [-0.4, -0.2) is 48.9 Å². The highest BCUT2D eigenvalue weighted by molar-refractivity contribution is 6.03. The van der Waals surface area contributed by atoms with Crippen molar-refractivity contribution in [1.82, 2.24) is 0 Å². The van der Waals surface area contributed by atoms with Gasteiger partial charge in [0.15, 0.2) is 0 Å². The van der Waals surface area contributed by atoms with Gasteiger partial charge in [0.25, 0.3) is 0 Å². The van der Waals surface area contributed by atoms with Crippen molar-refractivity contribution < 1.29 is 33.7 Å². The number of aliphatic hydroxyl groups is 1. The Balaban J connectivity index is 0.000000691. The smallest absolute Gasteiger partial charge is 0.339 e. The Labute approximate surface area is 211 Å². The van der Waals surface area contributed by atoms with Crippen molar-refractivity contribution >= 4 is 17.9 Å². The number of aliphatic hydroxyl groups excluding tert-OH is 1. The molecule has 0 bridgehead atoms. The van der Waals surface area contributed by atoms with Crippen LogP contribution in [-0.2, 0) is 19.0 Å². The third kappa shape index (κ3) is 12.2. The molecule has 0 aliphatic rings. The van der Waals surface area contributed by atoms with Crippen LogP contribution >= 0.6 is 0 Å². The minimum Gasteiger partial charge on any atom is -0.462 e. The van der Waals surface area contributed by atoms with E-state index in [1.165, 1.54) is 0 Å². The lowest BCUT2D eigenvalue weighted by atomic mass is 9.81. The average Bonchev–Trinajstić information content (AvgIpc) is 2.82. The second kappa shape index (κ2) is 17.1. The summed E-state index contributed by atoms with van der Waals surface area (Å²) in [5.74, 6) is -1.06. The molecule has 1 aromatic carbocycles. The topological polar surface area (TPSA) is 99.1 Å². The van der Waals surface area contributed by atoms with Crippen molar-refractivity contribution in [2.24, 2.45) is 17.3 Å². The zero-order valence-electron chi connectivity index (χ0n) is 22.9. The molecular weight excluding hydrogens is 448 g/mol. The fraction of sp³-hybridized carbons (Fsp3) is 0.679. The summed E-state index contributed by atoms with van der Waals surface area (Å²) in [6.07, 6.45) is 3.29. The minimum atomic E-state index is -0.471. The largest absolute Gasteiger partial charge is 0.462 e. The molecule has 0 spiro atoms. The van der Waals surface area contributed by atoms with Gasteiger partial charge in [-0.1, -0.05) is 80.4 Å². The molecule has 35 heavy (non-hydrogen) atoms. The Morgan fingerprint density at radius 3 is 1.60 bits per heavy atom. The van der Waals surface area contributed by atoms with Gasteiger partial charge in [-0.25, -0.2) is 9.59 Å². The summed E-state index contributed by atoms with van der Waals surface area (Å²) in [5, 5.41) is 9.27. The van der Waals surface area contributed by atoms with E-state index >= 15 is 0 Å². The molecule has 200 valence electrons. The van der Waals surface area contributed by atoms with Crippen molar-refractivity contribution in [3.63, 3.8) is 0 Å². The lowest BCUT2D eigenvalue weighted by Crippen LogP contribution is -2.41. The molecule has 0 aliphatic carbocycles. The highest BCUT2D eigenvalue weighted by atomic mass is 16.5. The van der Waals surface area contributed by atoms with E-state index in [0.717, 1.165) is 25.7 Å². The molecule has 0 saturated heterocycles. The second-order valence-electron chi connectivity index (χ2n) is 9.93. The van der Waals surface area contributed by atoms with Crippen LogP contribution in [0, 0.1) is 17.3 Å². The summed E-state index contributed by atoms with van der Waals surface area (Å²) in [4.78, 5) is 35.4. The summed E-state index contributed by atoms with van der Waals surface area (Å²) in [6.45, 7) is 16.2. The van der Waals surface area contributed by atoms with Crippen molar-refractivity contribution in [2.75, 3.05) is 19.8 Å². The summed E-state index contributed by atoms with van der Waals surface area (Å²) in [7, 11) is 0. The zero-order valence-corrected chi connectivity index (χ0v) is 22.9. The van der Waals surface area contributed by atoms with E-state index < -0.39 is 17.4 Å². The van der Waals surface area contributed by atoms with Crippen LogP contribution in [0.1, 0.15) is 102 Å². The molecule has 0 heterocycles. The van der Waals surface area contributed by atoms with E-state index in [1.54, 1.807) is 24.3 Å². The minimum absolute atomic E-state index is 0.0151. The molecule has 0 fully saturated rings. The molecule has 0 aromatic heterocycles. The molecule has 1 N–H and O–H groups in total. The Bertz CT molecular complexity index is 727. The fourth-order valence-electron chi connectivity index (χ4n) is 3.16. The number of esters is 3. The Morgan fingerprint density at radius 1 is 0.857 bits per heavy atom. The molecule has 1 atom stereocenters. The number of benzene rings is 1. The predicted octanol–water partition coefficient (Wildman–Crippen LogP) is 5.83. The molecular formula is C28H46O7. The molecule has 0 aliphatic heterocycles. The van der Waals surface area contributed by atoms with Crippen molar-refractivity contribution in [2.45, 2.75) is 87.2 Å². The van der Waals surface area contributed by atoms with Crippen molar-refractivity contribution in [3.8, 4) is 0 Å². The van der Waals surface area contributed by atoms with Gasteiger partial charge in [0.1, 0.15) is 6.10 Å². The molecule has 1 rings (SSSR count). The van der Waals surface area contributed by atoms with E-state index in [4.69, 9.17) is 14.2 Å². The van der Waals surface area contributed by atoms with Crippen LogP contribution in [0.5, 0.6) is 0 Å². The standard InChI is InChI=1S/C16H22O4.C12H24O3/c1-3-5-11-19-15(17)13-9-7-8-10-14(13)16(18)20-12-6-4-2;1-8(2)10(12(5,6)7-13)15-11(14)9(3)4/h7-10H,3-6,11-12H2,1-2H3;8-10,13H,7H2,1-6H3. The van der Waals surface area contributed by atoms with Crippen LogP contribution < -0.4 is 0 Å². The molecule has 1 aromatic rings. The van der Waals surface area contributed by atoms with E-state index in [-0.39, 0.29) is 41.6 Å². The maximum atomic E-state index is 11.9. The first kappa shape index (κ1) is 32.6. The molecule has 0 saturated carbocycles. The Hall–Kier alpha value is -2.41. The number of unbranched alkanes of at least 4 members (excludes halogenated alkanes) is 2. The SMILES string of the molecule is CC(C)C(=O)OC(C(C)C)C(C)(C)CO.CCCCOC(=O)c1ccccc1C(=O)OCCCC. The highest BCUT2D eigenvalue weighted by Gasteiger charge is 2.35. The van der Waals surface area contributed by atoms with Crippen LogP contribution in [0.3, 0.4) is 0 Å². The number of ether oxygens (including phenoxy) is 3. The lowest BCUT2D eigenvalue weighted by molar-refractivity contribution is -0.164. The van der Waals surface area contributed by atoms with Gasteiger partial charge in [0, 0.05) is 5.41 Å². The average molecular weight is 495 g/mol. The summed E-state index contributed by atoms with van der Waals surface area (Å²) in [5.41, 5.74) is 0.147. The van der Waals surface area contributed by atoms with Gasteiger partial charge in [-0.2, -0.15) is 0 Å². The number of carbonyl (C=O) groups excluding carboxylic acids is 3. The first-order chi connectivity index (χ1) is 16.4. The summed E-state index contributed by atoms with van der Waals surface area (Å²) >= 11 is 0. The Morgan fingerprint density at radius 2 is 1.29 bits per heavy atom. The van der Waals surface area contributed by atoms with E-state index in [9.17, 15) is 19.5 Å². The summed E-state index contributed by atoms with van der Waals surface area (Å²) in [6, 6.07) is 6.59. The van der Waals surface area contributed by atoms with Crippen molar-refractivity contribution in [3.05, 3.63) is 35.4 Å². The first-order valence-corrected chi connectivity index (χ1v) is 12.7. The van der Waals surface area contributed by atoms with E-state index in [0.29, 0.717) is 13.2 Å². The number of hydrogen-bond donors (Lipinski definition) is 1. The third-order valence-electron chi connectivity index (χ3n) is 5.33. The maximum absolute atomic E-state index is 11.9. The third-order valence-corrected chi connectivity index (χ3v) is 5.33. The first-order valence-electron chi connectivity index (χ1n) is 12.7. The quantitative estimate of drug-likeness (QED) is 0.209. The van der Waals surface area contributed by atoms with Crippen LogP contribution in [0.2, 0.25) is 0 Å². The van der Waals surface area contributed by atoms with Crippen LogP contribution in [0.4, 0.5) is 0 Å². The van der Waals surface area contributed by atoms with E-state index in [2.05, 4.69) is 0 Å². The van der Waals surface area contributed by atoms with Crippen LogP contribution in [0.25, 0.3) is 0 Å². The monoisotopic (exact) mass is 494 g/mol. The lowest BCUT2D eigenvalue weighted by Gasteiger charge is -2.35. The van der Waals surface area contributed by atoms with Gasteiger partial charge < -0.3 is 19.3 Å². The van der Waals surface area contributed by atoms with Gasteiger partial charge in [-0.3, -0.25) is 4.79 Å². The fourth-order valence-corrected chi connectivity index (χ4v) is 3.16. The van der Waals surface area contributed by atoms with Crippen LogP contribution in [0.15, 0.2) is 24.3 Å². The van der Waals surface area contributed by atoms with Gasteiger partial charge >= 0.3 is 17.9 Å². The molecule has 1 unspecified atom stereocenters. The van der Waals surface area contributed by atoms with Gasteiger partial charge in [-0.05, 0) is 30.9 Å².